The van der Waals surface area contributed by atoms with Crippen LogP contribution < -0.4 is 5.73 Å². The summed E-state index contributed by atoms with van der Waals surface area (Å²) in [4.78, 5) is 0. The van der Waals surface area contributed by atoms with Crippen LogP contribution in [0.2, 0.25) is 0 Å². The number of rotatable bonds is 7. The summed E-state index contributed by atoms with van der Waals surface area (Å²) in [6.45, 7) is 6.54. The summed E-state index contributed by atoms with van der Waals surface area (Å²) >= 11 is 0. The summed E-state index contributed by atoms with van der Waals surface area (Å²) in [5.74, 6) is 0.482. The third-order valence-corrected chi connectivity index (χ3v) is 3.32. The van der Waals surface area contributed by atoms with Crippen LogP contribution in [0.25, 0.3) is 0 Å². The van der Waals surface area contributed by atoms with Gasteiger partial charge in [-0.1, -0.05) is 62.1 Å². The monoisotopic (exact) mass is 291 g/mol. The first kappa shape index (κ1) is 19.6. The number of nitrogens with two attached hydrogens (primary N) is 1. The van der Waals surface area contributed by atoms with Gasteiger partial charge in [-0.25, -0.2) is 0 Å². The quantitative estimate of drug-likeness (QED) is 0.487. The van der Waals surface area contributed by atoms with Crippen molar-refractivity contribution < 1.29 is 4.74 Å². The van der Waals surface area contributed by atoms with Crippen LogP contribution in [0.1, 0.15) is 65.7 Å². The molecule has 21 heavy (non-hydrogen) atoms. The maximum atomic E-state index is 5.54. The first-order chi connectivity index (χ1) is 10.1. The van der Waals surface area contributed by atoms with E-state index in [1.165, 1.54) is 49.7 Å². The van der Waals surface area contributed by atoms with Crippen molar-refractivity contribution in [3.63, 3.8) is 0 Å². The predicted octanol–water partition coefficient (Wildman–Crippen LogP) is 5.63. The van der Waals surface area contributed by atoms with Crippen LogP contribution in [0, 0.1) is 0 Å². The van der Waals surface area contributed by atoms with E-state index < -0.39 is 0 Å². The summed E-state index contributed by atoms with van der Waals surface area (Å²) in [6, 6.07) is 0. The highest BCUT2D eigenvalue weighted by atomic mass is 16.5. The topological polar surface area (TPSA) is 35.2 Å². The van der Waals surface area contributed by atoms with E-state index in [9.17, 15) is 0 Å². The van der Waals surface area contributed by atoms with Crippen LogP contribution in [-0.2, 0) is 4.74 Å². The van der Waals surface area contributed by atoms with Crippen LogP contribution in [-0.4, -0.2) is 7.11 Å². The Morgan fingerprint density at radius 1 is 1.19 bits per heavy atom. The average molecular weight is 291 g/mol. The zero-order valence-corrected chi connectivity index (χ0v) is 14.3. The molecule has 2 nitrogen and oxygen atoms in total. The van der Waals surface area contributed by atoms with E-state index in [1.807, 2.05) is 6.08 Å². The van der Waals surface area contributed by atoms with E-state index in [0.717, 1.165) is 6.42 Å². The molecule has 0 amide bonds. The van der Waals surface area contributed by atoms with Gasteiger partial charge in [0.05, 0.1) is 7.11 Å². The summed E-state index contributed by atoms with van der Waals surface area (Å²) < 4.78 is 4.88. The van der Waals surface area contributed by atoms with Gasteiger partial charge in [0.25, 0.3) is 0 Å². The second-order valence-corrected chi connectivity index (χ2v) is 5.38. The van der Waals surface area contributed by atoms with E-state index in [4.69, 9.17) is 10.5 Å². The van der Waals surface area contributed by atoms with Gasteiger partial charge >= 0.3 is 0 Å². The van der Waals surface area contributed by atoms with Crippen molar-refractivity contribution in [1.82, 2.24) is 0 Å². The maximum Gasteiger partial charge on any atom is 0.183 e. The minimum atomic E-state index is 0.482. The summed E-state index contributed by atoms with van der Waals surface area (Å²) in [6.07, 6.45) is 19.1. The van der Waals surface area contributed by atoms with Crippen molar-refractivity contribution in [2.75, 3.05) is 7.11 Å². The first-order valence-electron chi connectivity index (χ1n) is 8.16. The molecule has 2 heteroatoms. The van der Waals surface area contributed by atoms with Crippen molar-refractivity contribution in [3.05, 3.63) is 47.4 Å². The van der Waals surface area contributed by atoms with Crippen LogP contribution in [0.3, 0.4) is 0 Å². The zero-order chi connectivity index (χ0) is 15.9. The van der Waals surface area contributed by atoms with E-state index in [2.05, 4.69) is 45.1 Å². The molecule has 0 atom stereocenters. The van der Waals surface area contributed by atoms with E-state index >= 15 is 0 Å². The van der Waals surface area contributed by atoms with Crippen LogP contribution in [0.15, 0.2) is 47.4 Å². The number of allylic oxidation sites excluding steroid dienone is 7. The van der Waals surface area contributed by atoms with Crippen LogP contribution in [0.5, 0.6) is 0 Å². The van der Waals surface area contributed by atoms with Gasteiger partial charge in [-0.15, -0.1) is 0 Å². The van der Waals surface area contributed by atoms with E-state index in [0.29, 0.717) is 5.88 Å². The molecule has 0 aromatic heterocycles. The van der Waals surface area contributed by atoms with Crippen LogP contribution >= 0.6 is 0 Å². The lowest BCUT2D eigenvalue weighted by atomic mass is 10.0. The second kappa shape index (κ2) is 13.5. The Morgan fingerprint density at radius 2 is 1.95 bits per heavy atom. The Kier molecular flexibility index (Phi) is 12.6. The molecule has 0 radical (unpaired) electrons. The zero-order valence-electron chi connectivity index (χ0n) is 14.3. The molecule has 1 aliphatic rings. The van der Waals surface area contributed by atoms with Gasteiger partial charge in [-0.2, -0.15) is 0 Å². The molecule has 2 N–H and O–H groups in total. The average Bonchev–Trinajstić information content (AvgIpc) is 2.51. The van der Waals surface area contributed by atoms with Crippen molar-refractivity contribution in [2.45, 2.75) is 65.7 Å². The molecule has 0 saturated heterocycles. The number of unbranched alkanes of at least 4 members (excludes halogenated alkanes) is 1. The molecule has 0 aromatic carbocycles. The number of methoxy groups -OCH3 is 1. The SMILES string of the molecule is CC1=CCCC=C1.CCCC/C(=C\C=C(/N)OC)CCC. The number of hydrogen-bond acceptors (Lipinski definition) is 2. The molecule has 0 unspecified atom stereocenters. The van der Waals surface area contributed by atoms with Crippen molar-refractivity contribution >= 4 is 0 Å². The van der Waals surface area contributed by atoms with Gasteiger partial charge < -0.3 is 10.5 Å². The lowest BCUT2D eigenvalue weighted by Gasteiger charge is -2.04. The molecule has 1 rings (SSSR count). The fourth-order valence-corrected chi connectivity index (χ4v) is 2.03. The lowest BCUT2D eigenvalue weighted by Crippen LogP contribution is -1.98. The van der Waals surface area contributed by atoms with Gasteiger partial charge in [0.1, 0.15) is 0 Å². The van der Waals surface area contributed by atoms with Gasteiger partial charge in [-0.3, -0.25) is 0 Å². The third-order valence-electron chi connectivity index (χ3n) is 3.32. The van der Waals surface area contributed by atoms with E-state index in [1.54, 1.807) is 7.11 Å². The van der Waals surface area contributed by atoms with Crippen molar-refractivity contribution in [1.29, 1.82) is 0 Å². The summed E-state index contributed by atoms with van der Waals surface area (Å²) in [7, 11) is 1.59. The summed E-state index contributed by atoms with van der Waals surface area (Å²) in [5, 5.41) is 0. The van der Waals surface area contributed by atoms with Crippen LogP contribution in [0.4, 0.5) is 0 Å². The molecule has 0 saturated carbocycles. The smallest absolute Gasteiger partial charge is 0.183 e. The minimum absolute atomic E-state index is 0.482. The van der Waals surface area contributed by atoms with Gasteiger partial charge in [0, 0.05) is 0 Å². The highest BCUT2D eigenvalue weighted by Gasteiger charge is 1.94. The fraction of sp³-hybridized carbons (Fsp3) is 0.579. The van der Waals surface area contributed by atoms with Gasteiger partial charge in [-0.05, 0) is 45.1 Å². The molecular weight excluding hydrogens is 258 g/mol. The first-order valence-corrected chi connectivity index (χ1v) is 8.16. The Hall–Kier alpha value is -1.44. The predicted molar refractivity (Wildman–Crippen MR) is 93.9 cm³/mol. The molecule has 0 aliphatic heterocycles. The lowest BCUT2D eigenvalue weighted by molar-refractivity contribution is 0.287. The van der Waals surface area contributed by atoms with Gasteiger partial charge in [0.2, 0.25) is 0 Å². The summed E-state index contributed by atoms with van der Waals surface area (Å²) in [5.41, 5.74) is 8.42. The van der Waals surface area contributed by atoms with Crippen molar-refractivity contribution in [2.24, 2.45) is 5.73 Å². The Bertz CT molecular complexity index is 375. The maximum absolute atomic E-state index is 5.54. The molecule has 0 heterocycles. The highest BCUT2D eigenvalue weighted by molar-refractivity contribution is 5.19. The molecular formula is C19H33NO. The molecule has 0 spiro atoms. The molecule has 0 fully saturated rings. The molecule has 120 valence electrons. The van der Waals surface area contributed by atoms with E-state index in [-0.39, 0.29) is 0 Å². The normalized spacial score (nSPS) is 15.1. The number of hydrogen-bond donors (Lipinski definition) is 1. The standard InChI is InChI=1S/C12H23NO.C7H10/c1-4-6-8-11(7-5-2)9-10-12(13)14-3;1-7-5-3-2-4-6-7/h9-10H,4-8,13H2,1-3H3;3,5-6H,2,4H2,1H3/b11-9-,12-10+;. The Labute approximate surface area is 131 Å². The third kappa shape index (κ3) is 12.0. The fourth-order valence-electron chi connectivity index (χ4n) is 2.03. The second-order valence-electron chi connectivity index (χ2n) is 5.38. The Morgan fingerprint density at radius 3 is 2.38 bits per heavy atom. The molecule has 0 aromatic rings. The number of ether oxygens (including phenoxy) is 1. The molecule has 0 bridgehead atoms. The Balaban J connectivity index is 0.000000471. The van der Waals surface area contributed by atoms with Crippen molar-refractivity contribution in [3.8, 4) is 0 Å². The molecule has 1 aliphatic carbocycles. The highest BCUT2D eigenvalue weighted by Crippen LogP contribution is 2.13. The minimum Gasteiger partial charge on any atom is -0.483 e. The largest absolute Gasteiger partial charge is 0.483 e. The van der Waals surface area contributed by atoms with Gasteiger partial charge in [0.15, 0.2) is 5.88 Å².